The van der Waals surface area contributed by atoms with E-state index >= 15 is 0 Å². The van der Waals surface area contributed by atoms with Gasteiger partial charge in [0, 0.05) is 48.4 Å². The molecule has 1 saturated carbocycles. The number of carbonyl (C=O) groups excluding carboxylic acids is 1. The van der Waals surface area contributed by atoms with Crippen molar-refractivity contribution in [3.63, 3.8) is 0 Å². The monoisotopic (exact) mass is 578 g/mol. The first-order valence-corrected chi connectivity index (χ1v) is 14.1. The maximum absolute atomic E-state index is 13.2. The number of rotatable bonds is 8. The van der Waals surface area contributed by atoms with Gasteiger partial charge < -0.3 is 15.2 Å². The number of carbonyl (C=O) groups is 1. The van der Waals surface area contributed by atoms with Crippen LogP contribution in [0.3, 0.4) is 0 Å². The Balaban J connectivity index is 1.17. The Hall–Kier alpha value is -3.59. The van der Waals surface area contributed by atoms with Gasteiger partial charge in [-0.25, -0.2) is 14.6 Å². The van der Waals surface area contributed by atoms with Gasteiger partial charge in [-0.1, -0.05) is 44.5 Å². The van der Waals surface area contributed by atoms with Crippen molar-refractivity contribution >= 4 is 17.5 Å². The summed E-state index contributed by atoms with van der Waals surface area (Å²) in [5.41, 5.74) is 0.762. The second-order valence-corrected chi connectivity index (χ2v) is 12.5. The number of piperidine rings is 1. The molecule has 0 atom stereocenters. The van der Waals surface area contributed by atoms with Crippen LogP contribution in [0.15, 0.2) is 36.8 Å². The summed E-state index contributed by atoms with van der Waals surface area (Å²) in [6, 6.07) is 6.92. The second-order valence-electron chi connectivity index (χ2n) is 12.1. The molecule has 0 spiro atoms. The fourth-order valence-corrected chi connectivity index (χ4v) is 6.50. The van der Waals surface area contributed by atoms with Crippen molar-refractivity contribution in [2.24, 2.45) is 10.8 Å². The molecule has 2 aliphatic rings. The molecule has 1 saturated heterocycles. The molecule has 2 aromatic heterocycles. The maximum Gasteiger partial charge on any atom is 0.254 e. The third kappa shape index (κ3) is 6.05. The van der Waals surface area contributed by atoms with Crippen LogP contribution in [-0.2, 0) is 13.1 Å². The van der Waals surface area contributed by atoms with Gasteiger partial charge in [0.15, 0.2) is 0 Å². The molecule has 12 heteroatoms. The molecule has 0 bridgehead atoms. The summed E-state index contributed by atoms with van der Waals surface area (Å²) in [7, 11) is 0. The zero-order chi connectivity index (χ0) is 29.4. The van der Waals surface area contributed by atoms with Gasteiger partial charge in [-0.05, 0) is 25.0 Å². The first-order chi connectivity index (χ1) is 19.5. The van der Waals surface area contributed by atoms with Crippen LogP contribution in [0.4, 0.5) is 0 Å². The van der Waals surface area contributed by atoms with Gasteiger partial charge in [-0.15, -0.1) is 5.10 Å². The largest absolute Gasteiger partial charge is 0.489 e. The van der Waals surface area contributed by atoms with Crippen LogP contribution in [0.2, 0.25) is 5.02 Å². The van der Waals surface area contributed by atoms with Crippen molar-refractivity contribution in [1.29, 1.82) is 5.26 Å². The van der Waals surface area contributed by atoms with E-state index in [4.69, 9.17) is 21.6 Å². The Morgan fingerprint density at radius 2 is 1.88 bits per heavy atom. The highest BCUT2D eigenvalue weighted by Crippen LogP contribution is 2.55. The van der Waals surface area contributed by atoms with Gasteiger partial charge in [-0.3, -0.25) is 9.69 Å². The molecule has 2 fully saturated rings. The number of hydrogen-bond donors (Lipinski definition) is 2. The molecule has 2 N–H and O–H groups in total. The normalized spacial score (nSPS) is 22.0. The third-order valence-electron chi connectivity index (χ3n) is 8.22. The lowest BCUT2D eigenvalue weighted by molar-refractivity contribution is -0.164. The SMILES string of the molecule is CC1(C)C(NC(=O)c2cnc(Cc3cn(CN4CCC(O)CC4)nn3)nc2)C(C)(C)C1Oc1ccc(C#N)c(Cl)c1. The molecular weight excluding hydrogens is 544 g/mol. The van der Waals surface area contributed by atoms with Crippen LogP contribution in [-0.4, -0.2) is 72.2 Å². The van der Waals surface area contributed by atoms with E-state index in [1.807, 2.05) is 6.20 Å². The molecular formula is C29H35ClN8O3. The molecule has 1 aromatic carbocycles. The fourth-order valence-electron chi connectivity index (χ4n) is 6.29. The van der Waals surface area contributed by atoms with Crippen LogP contribution >= 0.6 is 11.6 Å². The predicted octanol–water partition coefficient (Wildman–Crippen LogP) is 3.21. The van der Waals surface area contributed by atoms with Gasteiger partial charge >= 0.3 is 0 Å². The van der Waals surface area contributed by atoms with Gasteiger partial charge in [-0.2, -0.15) is 5.26 Å². The molecule has 1 aliphatic carbocycles. The topological polar surface area (TPSA) is 142 Å². The molecule has 1 amide bonds. The number of likely N-dealkylation sites (tertiary alicyclic amines) is 1. The summed E-state index contributed by atoms with van der Waals surface area (Å²) in [6.45, 7) is 10.5. The Bertz CT molecular complexity index is 1420. The zero-order valence-corrected chi connectivity index (χ0v) is 24.5. The van der Waals surface area contributed by atoms with Gasteiger partial charge in [0.2, 0.25) is 0 Å². The quantitative estimate of drug-likeness (QED) is 0.412. The van der Waals surface area contributed by atoms with Crippen LogP contribution in [0.25, 0.3) is 0 Å². The number of hydrogen-bond acceptors (Lipinski definition) is 9. The van der Waals surface area contributed by atoms with Crippen molar-refractivity contribution in [3.8, 4) is 11.8 Å². The zero-order valence-electron chi connectivity index (χ0n) is 23.7. The first kappa shape index (κ1) is 28.9. The van der Waals surface area contributed by atoms with Crippen LogP contribution < -0.4 is 10.1 Å². The Morgan fingerprint density at radius 1 is 1.20 bits per heavy atom. The summed E-state index contributed by atoms with van der Waals surface area (Å²) in [6.07, 6.45) is 6.48. The lowest BCUT2D eigenvalue weighted by atomic mass is 9.49. The summed E-state index contributed by atoms with van der Waals surface area (Å²) in [4.78, 5) is 24.2. The number of nitrogens with one attached hydrogen (secondary N) is 1. The van der Waals surface area contributed by atoms with Crippen molar-refractivity contribution in [2.45, 2.75) is 71.9 Å². The van der Waals surface area contributed by atoms with E-state index in [1.165, 1.54) is 12.4 Å². The average Bonchev–Trinajstić information content (AvgIpc) is 3.38. The van der Waals surface area contributed by atoms with E-state index in [2.05, 4.69) is 64.3 Å². The molecule has 5 rings (SSSR count). The first-order valence-electron chi connectivity index (χ1n) is 13.7. The van der Waals surface area contributed by atoms with Crippen molar-refractivity contribution in [2.75, 3.05) is 13.1 Å². The predicted molar refractivity (Wildman–Crippen MR) is 151 cm³/mol. The molecule has 3 aromatic rings. The highest BCUT2D eigenvalue weighted by atomic mass is 35.5. The van der Waals surface area contributed by atoms with Crippen molar-refractivity contribution in [3.05, 3.63) is 64.5 Å². The molecule has 1 aliphatic heterocycles. The van der Waals surface area contributed by atoms with Crippen LogP contribution in [0, 0.1) is 22.2 Å². The molecule has 216 valence electrons. The standard InChI is InChI=1S/C29H35ClN8O3/c1-28(2)26(29(3,4)27(28)41-22-6-5-18(13-31)23(30)12-22)34-25(40)19-14-32-24(33-15-19)11-20-16-38(36-35-20)17-37-9-7-21(39)8-10-37/h5-6,12,14-16,21,26-27,39H,7-11,17H2,1-4H3,(H,34,40). The van der Waals surface area contributed by atoms with Gasteiger partial charge in [0.1, 0.15) is 23.7 Å². The van der Waals surface area contributed by atoms with E-state index in [1.54, 1.807) is 22.9 Å². The molecule has 3 heterocycles. The Morgan fingerprint density at radius 3 is 2.51 bits per heavy atom. The van der Waals surface area contributed by atoms with Crippen molar-refractivity contribution < 1.29 is 14.6 Å². The lowest BCUT2D eigenvalue weighted by Crippen LogP contribution is -2.74. The number of nitrogens with zero attached hydrogens (tertiary/aromatic N) is 7. The number of nitriles is 1. The summed E-state index contributed by atoms with van der Waals surface area (Å²) in [5, 5.41) is 30.8. The Kier molecular flexibility index (Phi) is 8.01. The second kappa shape index (κ2) is 11.4. The molecule has 0 unspecified atom stereocenters. The minimum atomic E-state index is -0.375. The number of aliphatic hydroxyl groups excluding tert-OH is 1. The summed E-state index contributed by atoms with van der Waals surface area (Å²) >= 11 is 6.19. The number of aliphatic hydroxyl groups is 1. The molecule has 41 heavy (non-hydrogen) atoms. The fraction of sp³-hybridized carbons (Fsp3) is 0.517. The molecule has 0 radical (unpaired) electrons. The average molecular weight is 579 g/mol. The number of halogens is 1. The minimum Gasteiger partial charge on any atom is -0.489 e. The number of ether oxygens (including phenoxy) is 1. The van der Waals surface area contributed by atoms with Gasteiger partial charge in [0.25, 0.3) is 5.91 Å². The smallest absolute Gasteiger partial charge is 0.254 e. The van der Waals surface area contributed by atoms with E-state index in [-0.39, 0.29) is 35.0 Å². The lowest BCUT2D eigenvalue weighted by Gasteiger charge is -2.63. The summed E-state index contributed by atoms with van der Waals surface area (Å²) < 4.78 is 8.09. The van der Waals surface area contributed by atoms with Crippen molar-refractivity contribution in [1.82, 2.24) is 35.2 Å². The Labute approximate surface area is 244 Å². The van der Waals surface area contributed by atoms with E-state index in [0.29, 0.717) is 40.8 Å². The third-order valence-corrected chi connectivity index (χ3v) is 8.54. The maximum atomic E-state index is 13.2. The number of benzene rings is 1. The number of aromatic nitrogens is 5. The highest BCUT2D eigenvalue weighted by Gasteiger charge is 2.64. The van der Waals surface area contributed by atoms with E-state index in [9.17, 15) is 9.90 Å². The highest BCUT2D eigenvalue weighted by molar-refractivity contribution is 6.31. The van der Waals surface area contributed by atoms with Crippen LogP contribution in [0.5, 0.6) is 5.75 Å². The minimum absolute atomic E-state index is 0.167. The van der Waals surface area contributed by atoms with Gasteiger partial charge in [0.05, 0.1) is 47.2 Å². The molecule has 11 nitrogen and oxygen atoms in total. The van der Waals surface area contributed by atoms with E-state index < -0.39 is 0 Å². The van der Waals surface area contributed by atoms with E-state index in [0.717, 1.165) is 31.6 Å². The summed E-state index contributed by atoms with van der Waals surface area (Å²) in [5.74, 6) is 0.883. The van der Waals surface area contributed by atoms with Crippen LogP contribution in [0.1, 0.15) is 68.0 Å². The number of amides is 1.